The van der Waals surface area contributed by atoms with E-state index in [-0.39, 0.29) is 6.67 Å². The summed E-state index contributed by atoms with van der Waals surface area (Å²) in [6, 6.07) is 9.56. The lowest BCUT2D eigenvalue weighted by Gasteiger charge is -2.37. The van der Waals surface area contributed by atoms with E-state index < -0.39 is 10.0 Å². The summed E-state index contributed by atoms with van der Waals surface area (Å²) in [6.45, 7) is 1.39. The van der Waals surface area contributed by atoms with E-state index in [2.05, 4.69) is 0 Å². The van der Waals surface area contributed by atoms with Gasteiger partial charge >= 0.3 is 5.37 Å². The molecule has 1 aliphatic heterocycles. The van der Waals surface area contributed by atoms with Gasteiger partial charge < -0.3 is 9.85 Å². The van der Waals surface area contributed by atoms with E-state index in [1.165, 1.54) is 4.90 Å². The minimum absolute atomic E-state index is 0.150. The monoisotopic (exact) mass is 240 g/mol. The predicted molar refractivity (Wildman–Crippen MR) is 61.5 cm³/mol. The molecule has 1 aliphatic rings. The summed E-state index contributed by atoms with van der Waals surface area (Å²) in [6.07, 6.45) is 0. The molecule has 1 aromatic carbocycles. The number of quaternary nitrogens is 1. The van der Waals surface area contributed by atoms with E-state index in [4.69, 9.17) is 11.6 Å². The number of amides is 1. The summed E-state index contributed by atoms with van der Waals surface area (Å²) in [7, 11) is 0. The van der Waals surface area contributed by atoms with E-state index in [0.29, 0.717) is 19.6 Å². The van der Waals surface area contributed by atoms with Crippen LogP contribution in [0, 0.1) is 5.21 Å². The van der Waals surface area contributed by atoms with Crippen molar-refractivity contribution in [2.24, 2.45) is 0 Å². The van der Waals surface area contributed by atoms with Crippen LogP contribution >= 0.6 is 11.6 Å². The maximum atomic E-state index is 12.3. The van der Waals surface area contributed by atoms with Crippen molar-refractivity contribution in [3.63, 3.8) is 0 Å². The zero-order valence-electron chi connectivity index (χ0n) is 8.80. The molecule has 1 fully saturated rings. The van der Waals surface area contributed by atoms with E-state index >= 15 is 0 Å². The number of rotatable bonds is 2. The highest BCUT2D eigenvalue weighted by molar-refractivity contribution is 6.62. The number of nitrogens with zero attached hydrogens (tertiary/aromatic N) is 2. The molecule has 1 atom stereocenters. The minimum atomic E-state index is -0.538. The number of carbonyl (C=O) groups excluding carboxylic acids is 1. The van der Waals surface area contributed by atoms with Crippen molar-refractivity contribution in [1.82, 2.24) is 4.90 Å². The summed E-state index contributed by atoms with van der Waals surface area (Å²) in [4.78, 5) is 12.3. The summed E-state index contributed by atoms with van der Waals surface area (Å²) in [5.74, 6) is 0. The van der Waals surface area contributed by atoms with Crippen LogP contribution in [-0.4, -0.2) is 34.7 Å². The van der Waals surface area contributed by atoms with Crippen LogP contribution in [0.2, 0.25) is 0 Å². The second-order valence-corrected chi connectivity index (χ2v) is 4.41. The van der Waals surface area contributed by atoms with Crippen molar-refractivity contribution >= 4 is 17.0 Å². The molecule has 0 spiro atoms. The second kappa shape index (κ2) is 4.41. The van der Waals surface area contributed by atoms with Gasteiger partial charge in [0.1, 0.15) is 6.54 Å². The van der Waals surface area contributed by atoms with Gasteiger partial charge in [0, 0.05) is 5.56 Å². The molecule has 1 aromatic rings. The molecule has 4 nitrogen and oxygen atoms in total. The molecular weight excluding hydrogens is 228 g/mol. The first-order valence-electron chi connectivity index (χ1n) is 5.14. The van der Waals surface area contributed by atoms with Crippen LogP contribution in [-0.2, 0) is 6.54 Å². The Morgan fingerprint density at radius 1 is 1.44 bits per heavy atom. The third-order valence-electron chi connectivity index (χ3n) is 2.77. The number of hydroxylamine groups is 3. The lowest BCUT2D eigenvalue weighted by Crippen LogP contribution is -2.40. The molecule has 2 rings (SSSR count). The minimum Gasteiger partial charge on any atom is -0.631 e. The topological polar surface area (TPSA) is 43.4 Å². The molecule has 0 saturated carbocycles. The molecule has 1 saturated heterocycles. The molecule has 0 bridgehead atoms. The molecule has 1 heterocycles. The van der Waals surface area contributed by atoms with E-state index in [9.17, 15) is 10.0 Å². The highest BCUT2D eigenvalue weighted by atomic mass is 35.5. The van der Waals surface area contributed by atoms with Gasteiger partial charge in [0.15, 0.2) is 6.67 Å². The second-order valence-electron chi connectivity index (χ2n) is 4.08. The molecule has 16 heavy (non-hydrogen) atoms. The van der Waals surface area contributed by atoms with E-state index in [0.717, 1.165) is 5.56 Å². The Morgan fingerprint density at radius 2 is 2.12 bits per heavy atom. The van der Waals surface area contributed by atoms with Crippen LogP contribution in [0.15, 0.2) is 30.3 Å². The van der Waals surface area contributed by atoms with Gasteiger partial charge in [-0.05, 0) is 11.6 Å². The molecular formula is C11H13ClN2O2. The number of hydrogen-bond acceptors (Lipinski definition) is 2. The van der Waals surface area contributed by atoms with Gasteiger partial charge in [-0.15, -0.1) is 0 Å². The van der Waals surface area contributed by atoms with Gasteiger partial charge in [0.2, 0.25) is 0 Å². The van der Waals surface area contributed by atoms with Crippen LogP contribution in [0.5, 0.6) is 0 Å². The third-order valence-corrected chi connectivity index (χ3v) is 3.01. The number of halogens is 1. The summed E-state index contributed by atoms with van der Waals surface area (Å²) >= 11 is 5.35. The lowest BCUT2D eigenvalue weighted by atomic mass is 10.2. The van der Waals surface area contributed by atoms with Crippen molar-refractivity contribution < 1.29 is 9.44 Å². The summed E-state index contributed by atoms with van der Waals surface area (Å²) in [5, 5.41) is 11.7. The van der Waals surface area contributed by atoms with Gasteiger partial charge in [-0.2, -0.15) is 0 Å². The fraction of sp³-hybridized carbons (Fsp3) is 0.364. The third kappa shape index (κ3) is 2.52. The highest BCUT2D eigenvalue weighted by Crippen LogP contribution is 2.20. The Morgan fingerprint density at radius 3 is 2.69 bits per heavy atom. The molecule has 1 unspecified atom stereocenters. The van der Waals surface area contributed by atoms with Crippen molar-refractivity contribution in [2.45, 2.75) is 6.54 Å². The fourth-order valence-electron chi connectivity index (χ4n) is 1.94. The van der Waals surface area contributed by atoms with Crippen LogP contribution in [0.3, 0.4) is 0 Å². The fourth-order valence-corrected chi connectivity index (χ4v) is 2.08. The van der Waals surface area contributed by atoms with Crippen LogP contribution in [0.25, 0.3) is 0 Å². The Bertz CT molecular complexity index is 385. The molecule has 86 valence electrons. The zero-order valence-corrected chi connectivity index (χ0v) is 9.56. The Kier molecular flexibility index (Phi) is 3.14. The van der Waals surface area contributed by atoms with Gasteiger partial charge in [-0.1, -0.05) is 30.3 Å². The molecule has 5 heteroatoms. The van der Waals surface area contributed by atoms with Crippen molar-refractivity contribution in [1.29, 1.82) is 0 Å². The molecule has 1 amide bonds. The number of benzene rings is 1. The van der Waals surface area contributed by atoms with Gasteiger partial charge in [-0.25, -0.2) is 0 Å². The van der Waals surface area contributed by atoms with Gasteiger partial charge in [0.05, 0.1) is 13.1 Å². The first-order chi connectivity index (χ1) is 7.59. The highest BCUT2D eigenvalue weighted by Gasteiger charge is 2.31. The number of carbonyl (C=O) groups is 1. The molecule has 0 N–H and O–H groups in total. The average Bonchev–Trinajstić information content (AvgIpc) is 2.62. The first kappa shape index (κ1) is 11.4. The number of hydrogen-bond donors (Lipinski definition) is 0. The van der Waals surface area contributed by atoms with Crippen molar-refractivity contribution in [3.8, 4) is 0 Å². The van der Waals surface area contributed by atoms with Crippen molar-refractivity contribution in [3.05, 3.63) is 41.1 Å². The van der Waals surface area contributed by atoms with Crippen molar-refractivity contribution in [2.75, 3.05) is 19.8 Å². The van der Waals surface area contributed by atoms with Gasteiger partial charge in [-0.3, -0.25) is 9.69 Å². The quantitative estimate of drug-likeness (QED) is 0.344. The summed E-state index contributed by atoms with van der Waals surface area (Å²) < 4.78 is -0.400. The Labute approximate surface area is 99.2 Å². The lowest BCUT2D eigenvalue weighted by molar-refractivity contribution is -0.885. The normalized spacial score (nSPS) is 24.8. The molecule has 0 radical (unpaired) electrons. The SMILES string of the molecule is O=C(Cl)N1CC[N+]([O-])(Cc2ccccc2)C1. The largest absolute Gasteiger partial charge is 0.631 e. The van der Waals surface area contributed by atoms with Crippen LogP contribution < -0.4 is 0 Å². The zero-order chi connectivity index (χ0) is 11.6. The Balaban J connectivity index is 2.03. The van der Waals surface area contributed by atoms with Crippen LogP contribution in [0.1, 0.15) is 5.56 Å². The van der Waals surface area contributed by atoms with E-state index in [1.807, 2.05) is 30.3 Å². The molecule has 0 aliphatic carbocycles. The van der Waals surface area contributed by atoms with Crippen LogP contribution in [0.4, 0.5) is 4.79 Å². The first-order valence-corrected chi connectivity index (χ1v) is 5.52. The van der Waals surface area contributed by atoms with E-state index in [1.54, 1.807) is 0 Å². The van der Waals surface area contributed by atoms with Gasteiger partial charge in [0.25, 0.3) is 0 Å². The maximum Gasteiger partial charge on any atom is 0.320 e. The standard InChI is InChI=1S/C11H13ClN2O2/c12-11(15)13-6-7-14(16,9-13)8-10-4-2-1-3-5-10/h1-5H,6-9H2. The maximum absolute atomic E-state index is 12.3. The Hall–Kier alpha value is -1.10. The molecule has 0 aromatic heterocycles. The summed E-state index contributed by atoms with van der Waals surface area (Å²) in [5.41, 5.74) is 0.987. The average molecular weight is 241 g/mol. The predicted octanol–water partition coefficient (Wildman–Crippen LogP) is 2.13. The smallest absolute Gasteiger partial charge is 0.320 e.